The van der Waals surface area contributed by atoms with Gasteiger partial charge in [-0.2, -0.15) is 5.10 Å². The zero-order valence-electron chi connectivity index (χ0n) is 11.5. The fourth-order valence-electron chi connectivity index (χ4n) is 1.78. The lowest BCUT2D eigenvalue weighted by Crippen LogP contribution is -2.29. The van der Waals surface area contributed by atoms with Crippen molar-refractivity contribution in [3.05, 3.63) is 50.1 Å². The number of carbonyl (C=O) groups is 1. The summed E-state index contributed by atoms with van der Waals surface area (Å²) in [7, 11) is 0. The quantitative estimate of drug-likeness (QED) is 0.916. The summed E-state index contributed by atoms with van der Waals surface area (Å²) in [6, 6.07) is 4.87. The minimum atomic E-state index is -0.261. The van der Waals surface area contributed by atoms with Crippen molar-refractivity contribution in [3.8, 4) is 0 Å². The first-order valence-corrected chi connectivity index (χ1v) is 7.39. The Hall–Kier alpha value is -1.95. The van der Waals surface area contributed by atoms with Crippen LogP contribution in [-0.2, 0) is 13.1 Å². The molecule has 2 rings (SSSR count). The third-order valence-corrected chi connectivity index (χ3v) is 3.94. The number of rotatable bonds is 5. The van der Waals surface area contributed by atoms with E-state index in [1.165, 1.54) is 22.4 Å². The zero-order valence-corrected chi connectivity index (χ0v) is 12.4. The Balaban J connectivity index is 2.07. The summed E-state index contributed by atoms with van der Waals surface area (Å²) in [5.41, 5.74) is 1.25. The van der Waals surface area contributed by atoms with Gasteiger partial charge in [0, 0.05) is 17.5 Å². The molecule has 0 unspecified atom stereocenters. The second-order valence-electron chi connectivity index (χ2n) is 4.49. The van der Waals surface area contributed by atoms with Crippen LogP contribution in [-0.4, -0.2) is 15.7 Å². The molecule has 1 amide bonds. The van der Waals surface area contributed by atoms with Crippen LogP contribution in [0.25, 0.3) is 0 Å². The SMILES string of the molecule is CCCn1nc(C(=O)NCc2sccc2C)ccc1=O. The van der Waals surface area contributed by atoms with E-state index in [1.807, 2.05) is 25.3 Å². The summed E-state index contributed by atoms with van der Waals surface area (Å²) in [5, 5.41) is 8.90. The number of thiophene rings is 1. The highest BCUT2D eigenvalue weighted by Crippen LogP contribution is 2.14. The molecule has 0 aromatic carbocycles. The molecule has 106 valence electrons. The van der Waals surface area contributed by atoms with E-state index in [-0.39, 0.29) is 17.2 Å². The summed E-state index contributed by atoms with van der Waals surface area (Å²) in [4.78, 5) is 24.7. The first kappa shape index (κ1) is 14.5. The molecule has 0 bridgehead atoms. The van der Waals surface area contributed by atoms with Gasteiger partial charge in [0.2, 0.25) is 0 Å². The first-order chi connectivity index (χ1) is 9.61. The number of nitrogens with zero attached hydrogens (tertiary/aromatic N) is 2. The average molecular weight is 291 g/mol. The van der Waals surface area contributed by atoms with E-state index in [1.54, 1.807) is 11.3 Å². The number of aromatic nitrogens is 2. The summed E-state index contributed by atoms with van der Waals surface area (Å²) in [6.45, 7) is 4.97. The summed E-state index contributed by atoms with van der Waals surface area (Å²) < 4.78 is 1.32. The zero-order chi connectivity index (χ0) is 14.5. The van der Waals surface area contributed by atoms with Crippen LogP contribution in [0, 0.1) is 6.92 Å². The molecule has 20 heavy (non-hydrogen) atoms. The van der Waals surface area contributed by atoms with Crippen LogP contribution in [0.3, 0.4) is 0 Å². The van der Waals surface area contributed by atoms with Gasteiger partial charge in [-0.05, 0) is 36.4 Å². The van der Waals surface area contributed by atoms with Gasteiger partial charge in [-0.25, -0.2) is 4.68 Å². The molecule has 2 aromatic rings. The molecular weight excluding hydrogens is 274 g/mol. The maximum atomic E-state index is 12.0. The topological polar surface area (TPSA) is 64.0 Å². The summed E-state index contributed by atoms with van der Waals surface area (Å²) in [6.07, 6.45) is 0.798. The predicted molar refractivity (Wildman–Crippen MR) is 79.0 cm³/mol. The highest BCUT2D eigenvalue weighted by atomic mass is 32.1. The lowest BCUT2D eigenvalue weighted by Gasteiger charge is -2.06. The van der Waals surface area contributed by atoms with Gasteiger partial charge >= 0.3 is 0 Å². The van der Waals surface area contributed by atoms with Crippen molar-refractivity contribution < 1.29 is 4.79 Å². The predicted octanol–water partition coefficient (Wildman–Crippen LogP) is 1.95. The van der Waals surface area contributed by atoms with Crippen molar-refractivity contribution in [2.24, 2.45) is 0 Å². The smallest absolute Gasteiger partial charge is 0.272 e. The minimum absolute atomic E-state index is 0.183. The fraction of sp³-hybridized carbons (Fsp3) is 0.357. The van der Waals surface area contributed by atoms with Crippen LogP contribution in [0.1, 0.15) is 34.3 Å². The highest BCUT2D eigenvalue weighted by molar-refractivity contribution is 7.10. The van der Waals surface area contributed by atoms with Gasteiger partial charge in [0.05, 0.1) is 6.54 Å². The van der Waals surface area contributed by atoms with Crippen LogP contribution in [0.5, 0.6) is 0 Å². The van der Waals surface area contributed by atoms with Crippen LogP contribution in [0.15, 0.2) is 28.4 Å². The molecule has 0 fully saturated rings. The molecule has 5 nitrogen and oxygen atoms in total. The van der Waals surface area contributed by atoms with Gasteiger partial charge in [0.25, 0.3) is 11.5 Å². The average Bonchev–Trinajstić information content (AvgIpc) is 2.84. The monoisotopic (exact) mass is 291 g/mol. The molecule has 0 saturated carbocycles. The van der Waals surface area contributed by atoms with E-state index < -0.39 is 0 Å². The Labute approximate surface area is 121 Å². The lowest BCUT2D eigenvalue weighted by atomic mass is 10.3. The van der Waals surface area contributed by atoms with Gasteiger partial charge in [0.15, 0.2) is 0 Å². The molecule has 0 aliphatic heterocycles. The van der Waals surface area contributed by atoms with E-state index in [2.05, 4.69) is 10.4 Å². The second-order valence-corrected chi connectivity index (χ2v) is 5.49. The van der Waals surface area contributed by atoms with Gasteiger partial charge in [-0.3, -0.25) is 9.59 Å². The van der Waals surface area contributed by atoms with Gasteiger partial charge in [-0.1, -0.05) is 6.92 Å². The first-order valence-electron chi connectivity index (χ1n) is 6.51. The lowest BCUT2D eigenvalue weighted by molar-refractivity contribution is 0.0943. The number of hydrogen-bond donors (Lipinski definition) is 1. The van der Waals surface area contributed by atoms with Crippen molar-refractivity contribution in [1.29, 1.82) is 0 Å². The van der Waals surface area contributed by atoms with E-state index in [0.717, 1.165) is 11.3 Å². The van der Waals surface area contributed by atoms with Crippen molar-refractivity contribution in [2.75, 3.05) is 0 Å². The van der Waals surface area contributed by atoms with Crippen molar-refractivity contribution >= 4 is 17.2 Å². The number of carbonyl (C=O) groups excluding carboxylic acids is 1. The Morgan fingerprint density at radius 3 is 2.85 bits per heavy atom. The van der Waals surface area contributed by atoms with Gasteiger partial charge < -0.3 is 5.32 Å². The van der Waals surface area contributed by atoms with Gasteiger partial charge in [0.1, 0.15) is 5.69 Å². The molecule has 0 atom stereocenters. The molecule has 0 spiro atoms. The van der Waals surface area contributed by atoms with Crippen molar-refractivity contribution in [1.82, 2.24) is 15.1 Å². The Morgan fingerprint density at radius 1 is 1.40 bits per heavy atom. The highest BCUT2D eigenvalue weighted by Gasteiger charge is 2.10. The molecule has 2 heterocycles. The Morgan fingerprint density at radius 2 is 2.20 bits per heavy atom. The molecule has 6 heteroatoms. The Kier molecular flexibility index (Phi) is 4.68. The standard InChI is InChI=1S/C14H17N3O2S/c1-3-7-17-13(18)5-4-11(16-17)14(19)15-9-12-10(2)6-8-20-12/h4-6,8H,3,7,9H2,1-2H3,(H,15,19). The minimum Gasteiger partial charge on any atom is -0.346 e. The second kappa shape index (κ2) is 6.47. The Bertz CT molecular complexity index is 660. The summed E-state index contributed by atoms with van der Waals surface area (Å²) >= 11 is 1.61. The molecule has 2 aromatic heterocycles. The largest absolute Gasteiger partial charge is 0.346 e. The van der Waals surface area contributed by atoms with E-state index in [9.17, 15) is 9.59 Å². The number of aryl methyl sites for hydroxylation is 2. The third kappa shape index (κ3) is 3.33. The molecule has 0 aliphatic carbocycles. The maximum absolute atomic E-state index is 12.0. The molecule has 0 saturated heterocycles. The van der Waals surface area contributed by atoms with E-state index in [0.29, 0.717) is 13.1 Å². The normalized spacial score (nSPS) is 10.5. The van der Waals surface area contributed by atoms with Crippen LogP contribution in [0.4, 0.5) is 0 Å². The van der Waals surface area contributed by atoms with E-state index >= 15 is 0 Å². The van der Waals surface area contributed by atoms with Gasteiger partial charge in [-0.15, -0.1) is 11.3 Å². The number of hydrogen-bond acceptors (Lipinski definition) is 4. The van der Waals surface area contributed by atoms with Crippen LogP contribution in [0.2, 0.25) is 0 Å². The number of amides is 1. The molecule has 0 radical (unpaired) electrons. The fourth-order valence-corrected chi connectivity index (χ4v) is 2.62. The van der Waals surface area contributed by atoms with Crippen molar-refractivity contribution in [3.63, 3.8) is 0 Å². The number of nitrogens with one attached hydrogen (secondary N) is 1. The van der Waals surface area contributed by atoms with E-state index in [4.69, 9.17) is 0 Å². The molecule has 0 aliphatic rings. The molecule has 1 N–H and O–H groups in total. The summed E-state index contributed by atoms with van der Waals surface area (Å²) in [5.74, 6) is -0.261. The van der Waals surface area contributed by atoms with Crippen LogP contribution < -0.4 is 10.9 Å². The maximum Gasteiger partial charge on any atom is 0.272 e. The van der Waals surface area contributed by atoms with Crippen molar-refractivity contribution in [2.45, 2.75) is 33.4 Å². The molecular formula is C14H17N3O2S. The van der Waals surface area contributed by atoms with Crippen LogP contribution >= 0.6 is 11.3 Å². The third-order valence-electron chi connectivity index (χ3n) is 2.91.